The SMILES string of the molecule is COc1ccc([C@H]2Oc3ccccc3[C@H]3CC(c4ccc(Oc5ccccc5)cc4)=NN32)c(C(=O)O)c1OC. The molecule has 0 radical (unpaired) electrons. The summed E-state index contributed by atoms with van der Waals surface area (Å²) in [5.74, 6) is 1.51. The Bertz CT molecular complexity index is 1550. The molecule has 0 unspecified atom stereocenters. The molecule has 0 saturated heterocycles. The Morgan fingerprint density at radius 2 is 1.59 bits per heavy atom. The molecule has 0 bridgehead atoms. The quantitative estimate of drug-likeness (QED) is 0.299. The number of fused-ring (bicyclic) bond motifs is 3. The zero-order chi connectivity index (χ0) is 26.9. The van der Waals surface area contributed by atoms with E-state index in [0.717, 1.165) is 28.3 Å². The summed E-state index contributed by atoms with van der Waals surface area (Å²) in [6.07, 6.45) is -0.153. The second-order valence-corrected chi connectivity index (χ2v) is 9.16. The van der Waals surface area contributed by atoms with E-state index in [4.69, 9.17) is 24.0 Å². The number of hydrogen-bond acceptors (Lipinski definition) is 7. The Labute approximate surface area is 225 Å². The number of carbonyl (C=O) groups is 1. The lowest BCUT2D eigenvalue weighted by molar-refractivity contribution is -0.0199. The first-order valence-corrected chi connectivity index (χ1v) is 12.5. The maximum Gasteiger partial charge on any atom is 0.340 e. The lowest BCUT2D eigenvalue weighted by atomic mass is 9.95. The fourth-order valence-electron chi connectivity index (χ4n) is 5.12. The zero-order valence-corrected chi connectivity index (χ0v) is 21.4. The van der Waals surface area contributed by atoms with Gasteiger partial charge in [0, 0.05) is 17.5 Å². The Morgan fingerprint density at radius 1 is 0.872 bits per heavy atom. The van der Waals surface area contributed by atoms with Crippen molar-refractivity contribution in [3.8, 4) is 28.7 Å². The third-order valence-corrected chi connectivity index (χ3v) is 6.92. The first kappa shape index (κ1) is 24.4. The maximum atomic E-state index is 12.4. The topological polar surface area (TPSA) is 89.8 Å². The van der Waals surface area contributed by atoms with Crippen LogP contribution in [0.15, 0.2) is 96.1 Å². The number of carboxylic acid groups (broad SMARTS) is 1. The van der Waals surface area contributed by atoms with Crippen LogP contribution in [0.2, 0.25) is 0 Å². The molecule has 0 aliphatic carbocycles. The van der Waals surface area contributed by atoms with E-state index >= 15 is 0 Å². The summed E-state index contributed by atoms with van der Waals surface area (Å²) in [6.45, 7) is 0. The van der Waals surface area contributed by atoms with Crippen LogP contribution in [0, 0.1) is 0 Å². The summed E-state index contributed by atoms with van der Waals surface area (Å²) in [4.78, 5) is 12.4. The minimum atomic E-state index is -1.14. The summed E-state index contributed by atoms with van der Waals surface area (Å²) < 4.78 is 23.2. The van der Waals surface area contributed by atoms with Crippen molar-refractivity contribution < 1.29 is 28.8 Å². The Morgan fingerprint density at radius 3 is 2.31 bits per heavy atom. The van der Waals surface area contributed by atoms with E-state index in [1.54, 1.807) is 12.1 Å². The number of nitrogens with zero attached hydrogens (tertiary/aromatic N) is 2. The number of benzene rings is 4. The van der Waals surface area contributed by atoms with Crippen molar-refractivity contribution in [2.75, 3.05) is 14.2 Å². The molecule has 0 spiro atoms. The van der Waals surface area contributed by atoms with Crippen LogP contribution >= 0.6 is 0 Å². The van der Waals surface area contributed by atoms with Crippen molar-refractivity contribution in [3.63, 3.8) is 0 Å². The molecule has 0 saturated carbocycles. The van der Waals surface area contributed by atoms with Crippen LogP contribution in [-0.2, 0) is 0 Å². The van der Waals surface area contributed by atoms with Crippen LogP contribution in [0.3, 0.4) is 0 Å². The van der Waals surface area contributed by atoms with Gasteiger partial charge in [-0.3, -0.25) is 0 Å². The predicted molar refractivity (Wildman–Crippen MR) is 145 cm³/mol. The van der Waals surface area contributed by atoms with Gasteiger partial charge in [-0.25, -0.2) is 9.80 Å². The van der Waals surface area contributed by atoms with E-state index in [-0.39, 0.29) is 17.4 Å². The summed E-state index contributed by atoms with van der Waals surface area (Å²) in [5.41, 5.74) is 3.22. The van der Waals surface area contributed by atoms with E-state index in [9.17, 15) is 9.90 Å². The Kier molecular flexibility index (Phi) is 6.28. The lowest BCUT2D eigenvalue weighted by Crippen LogP contribution is -2.34. The Hall–Kier alpha value is -4.98. The molecular formula is C31H26N2O6. The monoisotopic (exact) mass is 522 g/mol. The van der Waals surface area contributed by atoms with E-state index in [0.29, 0.717) is 23.5 Å². The molecule has 8 heteroatoms. The van der Waals surface area contributed by atoms with Crippen LogP contribution in [0.1, 0.15) is 45.7 Å². The van der Waals surface area contributed by atoms with Crippen molar-refractivity contribution in [1.82, 2.24) is 5.01 Å². The van der Waals surface area contributed by atoms with Gasteiger partial charge in [0.25, 0.3) is 0 Å². The van der Waals surface area contributed by atoms with Crippen molar-refractivity contribution in [2.45, 2.75) is 18.7 Å². The van der Waals surface area contributed by atoms with Crippen LogP contribution < -0.4 is 18.9 Å². The summed E-state index contributed by atoms with van der Waals surface area (Å²) in [5, 5.41) is 17.0. The van der Waals surface area contributed by atoms with Crippen molar-refractivity contribution >= 4 is 11.7 Å². The molecule has 0 aromatic heterocycles. The smallest absolute Gasteiger partial charge is 0.340 e. The predicted octanol–water partition coefficient (Wildman–Crippen LogP) is 6.44. The first-order valence-electron chi connectivity index (χ1n) is 12.5. The molecule has 2 aliphatic heterocycles. The van der Waals surface area contributed by atoms with E-state index in [1.165, 1.54) is 14.2 Å². The Balaban J connectivity index is 1.38. The van der Waals surface area contributed by atoms with Gasteiger partial charge in [0.05, 0.1) is 26.0 Å². The zero-order valence-electron chi connectivity index (χ0n) is 21.4. The van der Waals surface area contributed by atoms with Gasteiger partial charge in [-0.2, -0.15) is 5.10 Å². The molecule has 0 fully saturated rings. The number of aromatic carboxylic acids is 1. The van der Waals surface area contributed by atoms with E-state index in [2.05, 4.69) is 0 Å². The van der Waals surface area contributed by atoms with E-state index in [1.807, 2.05) is 83.9 Å². The maximum absolute atomic E-state index is 12.4. The first-order chi connectivity index (χ1) is 19.1. The molecule has 1 N–H and O–H groups in total. The highest BCUT2D eigenvalue weighted by Crippen LogP contribution is 2.49. The molecular weight excluding hydrogens is 496 g/mol. The van der Waals surface area contributed by atoms with Crippen LogP contribution in [0.25, 0.3) is 0 Å². The highest BCUT2D eigenvalue weighted by Gasteiger charge is 2.43. The number of hydrogen-bond donors (Lipinski definition) is 1. The van der Waals surface area contributed by atoms with Gasteiger partial charge < -0.3 is 24.1 Å². The van der Waals surface area contributed by atoms with Gasteiger partial charge in [0.1, 0.15) is 22.8 Å². The molecule has 2 heterocycles. The number of hydrazone groups is 1. The number of rotatable bonds is 7. The number of para-hydroxylation sites is 2. The third-order valence-electron chi connectivity index (χ3n) is 6.92. The molecule has 196 valence electrons. The van der Waals surface area contributed by atoms with Gasteiger partial charge in [0.15, 0.2) is 11.5 Å². The van der Waals surface area contributed by atoms with Crippen LogP contribution in [0.4, 0.5) is 0 Å². The van der Waals surface area contributed by atoms with Crippen LogP contribution in [-0.4, -0.2) is 36.0 Å². The molecule has 8 nitrogen and oxygen atoms in total. The van der Waals surface area contributed by atoms with Gasteiger partial charge >= 0.3 is 5.97 Å². The van der Waals surface area contributed by atoms with Crippen molar-refractivity contribution in [2.24, 2.45) is 5.10 Å². The van der Waals surface area contributed by atoms with Crippen molar-refractivity contribution in [3.05, 3.63) is 113 Å². The number of carboxylic acids is 1. The van der Waals surface area contributed by atoms with Crippen LogP contribution in [0.5, 0.6) is 28.7 Å². The molecule has 4 aromatic rings. The van der Waals surface area contributed by atoms with Gasteiger partial charge in [-0.05, 0) is 60.2 Å². The highest BCUT2D eigenvalue weighted by molar-refractivity contribution is 6.02. The van der Waals surface area contributed by atoms with E-state index < -0.39 is 12.2 Å². The molecule has 2 atom stereocenters. The van der Waals surface area contributed by atoms with Gasteiger partial charge in [0.2, 0.25) is 6.23 Å². The fraction of sp³-hybridized carbons (Fsp3) is 0.161. The average molecular weight is 523 g/mol. The summed E-state index contributed by atoms with van der Waals surface area (Å²) in [7, 11) is 2.89. The molecule has 39 heavy (non-hydrogen) atoms. The molecule has 4 aromatic carbocycles. The summed E-state index contributed by atoms with van der Waals surface area (Å²) in [6, 6.07) is 28.4. The molecule has 0 amide bonds. The normalized spacial score (nSPS) is 17.4. The standard InChI is InChI=1S/C31H26N2O6/c1-36-27-17-16-23(28(31(34)35)29(27)37-2)30-33-25(22-10-6-7-11-26(22)39-30)18-24(32-33)19-12-14-21(15-13-19)38-20-8-4-3-5-9-20/h3-17,25,30H,18H2,1-2H3,(H,34,35)/t25-,30-/m1/s1. The number of methoxy groups -OCH3 is 2. The van der Waals surface area contributed by atoms with Crippen molar-refractivity contribution in [1.29, 1.82) is 0 Å². The molecule has 2 aliphatic rings. The lowest BCUT2D eigenvalue weighted by Gasteiger charge is -2.38. The fourth-order valence-corrected chi connectivity index (χ4v) is 5.12. The third kappa shape index (κ3) is 4.40. The average Bonchev–Trinajstić information content (AvgIpc) is 3.43. The molecule has 6 rings (SSSR count). The number of ether oxygens (including phenoxy) is 4. The van der Waals surface area contributed by atoms with Gasteiger partial charge in [-0.1, -0.05) is 36.4 Å². The summed E-state index contributed by atoms with van der Waals surface area (Å²) >= 11 is 0. The van der Waals surface area contributed by atoms with Gasteiger partial charge in [-0.15, -0.1) is 0 Å². The highest BCUT2D eigenvalue weighted by atomic mass is 16.5. The minimum Gasteiger partial charge on any atom is -0.493 e. The largest absolute Gasteiger partial charge is 0.493 e. The second-order valence-electron chi connectivity index (χ2n) is 9.16. The second kappa shape index (κ2) is 10.1. The minimum absolute atomic E-state index is 0.0222.